The normalized spacial score (nSPS) is 31.3. The molecule has 116 valence electrons. The van der Waals surface area contributed by atoms with Crippen LogP contribution < -0.4 is 5.73 Å². The molecule has 2 unspecified atom stereocenters. The molecular weight excluding hydrogens is 287 g/mol. The summed E-state index contributed by atoms with van der Waals surface area (Å²) in [5, 5.41) is 4.04. The molecule has 2 fully saturated rings. The van der Waals surface area contributed by atoms with Crippen molar-refractivity contribution >= 4 is 5.91 Å². The monoisotopic (exact) mass is 303 g/mol. The number of halogens is 3. The molecule has 2 heterocycles. The minimum atomic E-state index is -4.48. The second-order valence-corrected chi connectivity index (χ2v) is 5.86. The SMILES string of the molecule is Cn1cc(C2(C3(C(N)=O)CCC(C(F)(F)F)O3)CC2)cn1. The van der Waals surface area contributed by atoms with Crippen molar-refractivity contribution in [1.82, 2.24) is 9.78 Å². The highest BCUT2D eigenvalue weighted by molar-refractivity contribution is 5.87. The van der Waals surface area contributed by atoms with E-state index in [0.717, 1.165) is 0 Å². The van der Waals surface area contributed by atoms with Gasteiger partial charge in [0.25, 0.3) is 5.91 Å². The van der Waals surface area contributed by atoms with Crippen molar-refractivity contribution in [1.29, 1.82) is 0 Å². The predicted molar refractivity (Wildman–Crippen MR) is 66.2 cm³/mol. The summed E-state index contributed by atoms with van der Waals surface area (Å²) in [4.78, 5) is 12.0. The van der Waals surface area contributed by atoms with Gasteiger partial charge in [0.2, 0.25) is 0 Å². The summed E-state index contributed by atoms with van der Waals surface area (Å²) < 4.78 is 45.5. The van der Waals surface area contributed by atoms with E-state index in [0.29, 0.717) is 18.4 Å². The Morgan fingerprint density at radius 1 is 1.48 bits per heavy atom. The average Bonchev–Trinajstić information content (AvgIpc) is 2.86. The van der Waals surface area contributed by atoms with Crippen molar-refractivity contribution in [3.8, 4) is 0 Å². The fraction of sp³-hybridized carbons (Fsp3) is 0.692. The molecule has 0 spiro atoms. The first-order valence-corrected chi connectivity index (χ1v) is 6.75. The summed E-state index contributed by atoms with van der Waals surface area (Å²) in [5.74, 6) is -0.824. The molecule has 1 amide bonds. The van der Waals surface area contributed by atoms with Gasteiger partial charge in [0.1, 0.15) is 0 Å². The van der Waals surface area contributed by atoms with Gasteiger partial charge in [-0.2, -0.15) is 18.3 Å². The molecule has 1 aliphatic heterocycles. The molecular formula is C13H16F3N3O2. The zero-order valence-electron chi connectivity index (χ0n) is 11.5. The zero-order valence-corrected chi connectivity index (χ0v) is 11.5. The minimum absolute atomic E-state index is 0.0125. The molecule has 21 heavy (non-hydrogen) atoms. The van der Waals surface area contributed by atoms with E-state index in [4.69, 9.17) is 10.5 Å². The van der Waals surface area contributed by atoms with Crippen LogP contribution in [0.5, 0.6) is 0 Å². The third-order valence-electron chi connectivity index (χ3n) is 4.65. The van der Waals surface area contributed by atoms with Gasteiger partial charge in [0, 0.05) is 18.7 Å². The standard InChI is InChI=1S/C13H16F3N3O2/c1-19-7-8(6-18-19)11(4-5-11)12(10(17)20)3-2-9(21-12)13(14,15)16/h6-7,9H,2-5H2,1H3,(H2,17,20). The van der Waals surface area contributed by atoms with Crippen LogP contribution in [0.4, 0.5) is 13.2 Å². The van der Waals surface area contributed by atoms with Crippen molar-refractivity contribution in [2.75, 3.05) is 0 Å². The zero-order chi connectivity index (χ0) is 15.5. The Morgan fingerprint density at radius 3 is 2.52 bits per heavy atom. The number of nitrogens with two attached hydrogens (primary N) is 1. The fourth-order valence-electron chi connectivity index (χ4n) is 3.41. The lowest BCUT2D eigenvalue weighted by molar-refractivity contribution is -0.231. The number of carbonyl (C=O) groups is 1. The van der Waals surface area contributed by atoms with E-state index < -0.39 is 29.2 Å². The number of hydrogen-bond donors (Lipinski definition) is 1. The van der Waals surface area contributed by atoms with Crippen LogP contribution in [0.3, 0.4) is 0 Å². The summed E-state index contributed by atoms with van der Waals surface area (Å²) >= 11 is 0. The van der Waals surface area contributed by atoms with Gasteiger partial charge < -0.3 is 10.5 Å². The molecule has 1 aliphatic carbocycles. The maximum absolute atomic E-state index is 12.9. The molecule has 0 radical (unpaired) electrons. The number of alkyl halides is 3. The summed E-state index contributed by atoms with van der Waals surface area (Å²) in [6.45, 7) is 0. The third-order valence-corrected chi connectivity index (χ3v) is 4.65. The molecule has 3 rings (SSSR count). The molecule has 2 atom stereocenters. The van der Waals surface area contributed by atoms with Crippen LogP contribution in [0.25, 0.3) is 0 Å². The van der Waals surface area contributed by atoms with E-state index in [1.165, 1.54) is 0 Å². The maximum Gasteiger partial charge on any atom is 0.414 e. The number of carbonyl (C=O) groups excluding carboxylic acids is 1. The van der Waals surface area contributed by atoms with Gasteiger partial charge in [0.15, 0.2) is 11.7 Å². The van der Waals surface area contributed by atoms with Crippen LogP contribution in [-0.4, -0.2) is 33.6 Å². The van der Waals surface area contributed by atoms with Crippen molar-refractivity contribution < 1.29 is 22.7 Å². The smallest absolute Gasteiger partial charge is 0.367 e. The van der Waals surface area contributed by atoms with Crippen LogP contribution in [0.15, 0.2) is 12.4 Å². The molecule has 1 aromatic heterocycles. The molecule has 8 heteroatoms. The Morgan fingerprint density at radius 2 is 2.14 bits per heavy atom. The van der Waals surface area contributed by atoms with Gasteiger partial charge in [-0.1, -0.05) is 0 Å². The first kappa shape index (κ1) is 14.4. The molecule has 2 aliphatic rings. The largest absolute Gasteiger partial charge is 0.414 e. The van der Waals surface area contributed by atoms with Gasteiger partial charge in [-0.15, -0.1) is 0 Å². The Kier molecular flexibility index (Phi) is 2.89. The van der Waals surface area contributed by atoms with E-state index in [1.807, 2.05) is 0 Å². The van der Waals surface area contributed by atoms with E-state index in [-0.39, 0.29) is 12.8 Å². The van der Waals surface area contributed by atoms with Gasteiger partial charge in [-0.3, -0.25) is 9.48 Å². The van der Waals surface area contributed by atoms with Gasteiger partial charge in [-0.05, 0) is 31.2 Å². The molecule has 5 nitrogen and oxygen atoms in total. The number of aryl methyl sites for hydroxylation is 1. The van der Waals surface area contributed by atoms with Crippen molar-refractivity contribution in [3.05, 3.63) is 18.0 Å². The van der Waals surface area contributed by atoms with Crippen LogP contribution in [0.2, 0.25) is 0 Å². The van der Waals surface area contributed by atoms with Crippen molar-refractivity contribution in [2.45, 2.75) is 49.0 Å². The predicted octanol–water partition coefficient (Wildman–Crippen LogP) is 1.42. The van der Waals surface area contributed by atoms with Gasteiger partial charge >= 0.3 is 6.18 Å². The van der Waals surface area contributed by atoms with Gasteiger partial charge in [-0.25, -0.2) is 0 Å². The molecule has 0 bridgehead atoms. The number of ether oxygens (including phenoxy) is 1. The number of amides is 1. The first-order chi connectivity index (χ1) is 9.71. The van der Waals surface area contributed by atoms with E-state index >= 15 is 0 Å². The van der Waals surface area contributed by atoms with E-state index in [2.05, 4.69) is 5.10 Å². The highest BCUT2D eigenvalue weighted by Crippen LogP contribution is 2.61. The van der Waals surface area contributed by atoms with Crippen LogP contribution in [0, 0.1) is 0 Å². The topological polar surface area (TPSA) is 70.1 Å². The summed E-state index contributed by atoms with van der Waals surface area (Å²) in [6, 6.07) is 0. The van der Waals surface area contributed by atoms with Crippen molar-refractivity contribution in [2.24, 2.45) is 12.8 Å². The summed E-state index contributed by atoms with van der Waals surface area (Å²) in [5.41, 5.74) is 3.81. The summed E-state index contributed by atoms with van der Waals surface area (Å²) in [6.07, 6.45) is -2.24. The number of nitrogens with zero attached hydrogens (tertiary/aromatic N) is 2. The maximum atomic E-state index is 12.9. The average molecular weight is 303 g/mol. The Bertz CT molecular complexity index is 579. The van der Waals surface area contributed by atoms with E-state index in [1.54, 1.807) is 24.1 Å². The van der Waals surface area contributed by atoms with Gasteiger partial charge in [0.05, 0.1) is 6.20 Å². The molecule has 2 N–H and O–H groups in total. The second-order valence-electron chi connectivity index (χ2n) is 5.86. The number of aromatic nitrogens is 2. The highest BCUT2D eigenvalue weighted by Gasteiger charge is 2.69. The van der Waals surface area contributed by atoms with E-state index in [9.17, 15) is 18.0 Å². The molecule has 0 aromatic carbocycles. The van der Waals surface area contributed by atoms with Crippen molar-refractivity contribution in [3.63, 3.8) is 0 Å². The first-order valence-electron chi connectivity index (χ1n) is 6.75. The number of hydrogen-bond acceptors (Lipinski definition) is 3. The van der Waals surface area contributed by atoms with Crippen LogP contribution in [-0.2, 0) is 22.0 Å². The minimum Gasteiger partial charge on any atom is -0.367 e. The Balaban J connectivity index is 1.99. The highest BCUT2D eigenvalue weighted by atomic mass is 19.4. The number of primary amides is 1. The third kappa shape index (κ3) is 1.96. The molecule has 1 saturated heterocycles. The lowest BCUT2D eigenvalue weighted by Crippen LogP contribution is -2.54. The number of rotatable bonds is 3. The Labute approximate surface area is 119 Å². The lowest BCUT2D eigenvalue weighted by Gasteiger charge is -2.35. The van der Waals surface area contributed by atoms with Crippen LogP contribution >= 0.6 is 0 Å². The second kappa shape index (κ2) is 4.22. The van der Waals surface area contributed by atoms with Crippen LogP contribution in [0.1, 0.15) is 31.2 Å². The molecule has 1 aromatic rings. The Hall–Kier alpha value is -1.57. The lowest BCUT2D eigenvalue weighted by atomic mass is 9.77. The summed E-state index contributed by atoms with van der Waals surface area (Å²) in [7, 11) is 1.71. The fourth-order valence-corrected chi connectivity index (χ4v) is 3.41. The molecule has 1 saturated carbocycles. The quantitative estimate of drug-likeness (QED) is 0.918.